The van der Waals surface area contributed by atoms with E-state index in [0.717, 1.165) is 10.8 Å². The van der Waals surface area contributed by atoms with E-state index in [2.05, 4.69) is 0 Å². The van der Waals surface area contributed by atoms with E-state index < -0.39 is 11.8 Å². The van der Waals surface area contributed by atoms with Crippen LogP contribution in [-0.4, -0.2) is 23.5 Å². The Morgan fingerprint density at radius 2 is 1.29 bits per heavy atom. The number of para-hydroxylation sites is 2. The van der Waals surface area contributed by atoms with Gasteiger partial charge in [0.15, 0.2) is 5.11 Å². The third kappa shape index (κ3) is 4.09. The molecule has 0 saturated carbocycles. The first-order valence-electron chi connectivity index (χ1n) is 11.3. The molecule has 0 radical (unpaired) electrons. The Balaban J connectivity index is 1.74. The first-order valence-corrected chi connectivity index (χ1v) is 11.7. The highest BCUT2D eigenvalue weighted by Gasteiger charge is 2.41. The Hall–Kier alpha value is -4.29. The van der Waals surface area contributed by atoms with Crippen LogP contribution in [0.3, 0.4) is 0 Å². The average molecular weight is 479 g/mol. The second kappa shape index (κ2) is 9.52. The summed E-state index contributed by atoms with van der Waals surface area (Å²) in [6.45, 7) is 2.35. The van der Waals surface area contributed by atoms with Crippen molar-refractivity contribution in [1.82, 2.24) is 0 Å². The number of anilines is 2. The molecule has 0 aromatic heterocycles. The van der Waals surface area contributed by atoms with E-state index in [-0.39, 0.29) is 10.7 Å². The number of benzene rings is 4. The van der Waals surface area contributed by atoms with E-state index in [0.29, 0.717) is 29.3 Å². The van der Waals surface area contributed by atoms with E-state index in [9.17, 15) is 9.59 Å². The monoisotopic (exact) mass is 478 g/mol. The number of ether oxygens (including phenoxy) is 1. The molecule has 2 amide bonds. The summed E-state index contributed by atoms with van der Waals surface area (Å²) < 4.78 is 5.88. The maximum Gasteiger partial charge on any atom is 0.270 e. The van der Waals surface area contributed by atoms with Gasteiger partial charge in [-0.1, -0.05) is 66.7 Å². The minimum Gasteiger partial charge on any atom is -0.493 e. The van der Waals surface area contributed by atoms with Crippen molar-refractivity contribution in [2.24, 2.45) is 0 Å². The fourth-order valence-electron chi connectivity index (χ4n) is 4.19. The summed E-state index contributed by atoms with van der Waals surface area (Å²) in [6.07, 6.45) is 1.63. The van der Waals surface area contributed by atoms with Crippen LogP contribution < -0.4 is 14.5 Å². The van der Waals surface area contributed by atoms with Crippen LogP contribution in [0.4, 0.5) is 11.4 Å². The van der Waals surface area contributed by atoms with Crippen molar-refractivity contribution < 1.29 is 14.3 Å². The van der Waals surface area contributed by atoms with Crippen molar-refractivity contribution in [3.8, 4) is 5.75 Å². The summed E-state index contributed by atoms with van der Waals surface area (Å²) >= 11 is 5.69. The van der Waals surface area contributed by atoms with Gasteiger partial charge in [0.05, 0.1) is 18.0 Å². The van der Waals surface area contributed by atoms with Gasteiger partial charge in [-0.15, -0.1) is 0 Å². The minimum atomic E-state index is -0.478. The predicted octanol–water partition coefficient (Wildman–Crippen LogP) is 5.99. The van der Waals surface area contributed by atoms with Crippen molar-refractivity contribution in [2.75, 3.05) is 16.4 Å². The maximum absolute atomic E-state index is 13.8. The van der Waals surface area contributed by atoms with Crippen LogP contribution in [0, 0.1) is 0 Å². The summed E-state index contributed by atoms with van der Waals surface area (Å²) in [5, 5.41) is 1.98. The molecule has 0 unspecified atom stereocenters. The standard InChI is InChI=1S/C29H22N2O3S/c1-2-34-26-18-17-20-11-9-10-16-23(20)24(26)19-25-27(32)30(21-12-5-3-6-13-21)29(35)31(28(25)33)22-14-7-4-8-15-22/h3-19H,2H2,1H3. The molecule has 1 aliphatic rings. The van der Waals surface area contributed by atoms with Crippen molar-refractivity contribution in [2.45, 2.75) is 6.92 Å². The second-order valence-electron chi connectivity index (χ2n) is 7.92. The van der Waals surface area contributed by atoms with Crippen molar-refractivity contribution in [3.63, 3.8) is 0 Å². The molecule has 5 nitrogen and oxygen atoms in total. The molecule has 4 aromatic rings. The lowest BCUT2D eigenvalue weighted by molar-refractivity contribution is -0.120. The van der Waals surface area contributed by atoms with Gasteiger partial charge in [-0.3, -0.25) is 19.4 Å². The van der Waals surface area contributed by atoms with Crippen LogP contribution in [0.5, 0.6) is 5.75 Å². The molecule has 172 valence electrons. The number of amides is 2. The molecule has 0 aliphatic carbocycles. The van der Waals surface area contributed by atoms with Crippen LogP contribution in [0.1, 0.15) is 12.5 Å². The highest BCUT2D eigenvalue weighted by Crippen LogP contribution is 2.34. The fourth-order valence-corrected chi connectivity index (χ4v) is 4.57. The Labute approximate surface area is 208 Å². The number of nitrogens with zero attached hydrogens (tertiary/aromatic N) is 2. The maximum atomic E-state index is 13.8. The average Bonchev–Trinajstić information content (AvgIpc) is 2.89. The molecule has 35 heavy (non-hydrogen) atoms. The van der Waals surface area contributed by atoms with Crippen LogP contribution in [0.15, 0.2) is 103 Å². The van der Waals surface area contributed by atoms with Gasteiger partial charge in [-0.05, 0) is 66.3 Å². The number of hydrogen-bond donors (Lipinski definition) is 0. The van der Waals surface area contributed by atoms with E-state index in [1.165, 1.54) is 9.80 Å². The topological polar surface area (TPSA) is 49.9 Å². The van der Waals surface area contributed by atoms with Gasteiger partial charge < -0.3 is 4.74 Å². The van der Waals surface area contributed by atoms with Crippen LogP contribution in [0.25, 0.3) is 16.8 Å². The molecule has 0 atom stereocenters. The Bertz CT molecular complexity index is 1400. The van der Waals surface area contributed by atoms with Gasteiger partial charge in [0.25, 0.3) is 11.8 Å². The highest BCUT2D eigenvalue weighted by atomic mass is 32.1. The lowest BCUT2D eigenvalue weighted by Crippen LogP contribution is -2.56. The van der Waals surface area contributed by atoms with Crippen LogP contribution >= 0.6 is 12.2 Å². The SMILES string of the molecule is CCOc1ccc2ccccc2c1C=C1C(=O)N(c2ccccc2)C(=S)N(c2ccccc2)C1=O. The molecule has 6 heteroatoms. The number of rotatable bonds is 5. The molecule has 1 fully saturated rings. The minimum absolute atomic E-state index is 0.00334. The van der Waals surface area contributed by atoms with E-state index in [4.69, 9.17) is 17.0 Å². The van der Waals surface area contributed by atoms with Gasteiger partial charge in [0, 0.05) is 5.56 Å². The van der Waals surface area contributed by atoms with Gasteiger partial charge in [0.2, 0.25) is 0 Å². The third-order valence-electron chi connectivity index (χ3n) is 5.80. The first kappa shape index (κ1) is 22.5. The number of hydrogen-bond acceptors (Lipinski definition) is 4. The lowest BCUT2D eigenvalue weighted by atomic mass is 9.99. The summed E-state index contributed by atoms with van der Waals surface area (Å²) in [4.78, 5) is 30.4. The predicted molar refractivity (Wildman–Crippen MR) is 144 cm³/mol. The van der Waals surface area contributed by atoms with Crippen molar-refractivity contribution in [1.29, 1.82) is 0 Å². The number of fused-ring (bicyclic) bond motifs is 1. The van der Waals surface area contributed by atoms with Crippen LogP contribution in [0.2, 0.25) is 0 Å². The fraction of sp³-hybridized carbons (Fsp3) is 0.0690. The molecule has 1 aliphatic heterocycles. The zero-order valence-corrected chi connectivity index (χ0v) is 19.9. The summed E-state index contributed by atoms with van der Waals surface area (Å²) in [6, 6.07) is 29.9. The Kier molecular flexibility index (Phi) is 6.12. The van der Waals surface area contributed by atoms with Gasteiger partial charge in [0.1, 0.15) is 11.3 Å². The molecule has 1 saturated heterocycles. The lowest BCUT2D eigenvalue weighted by Gasteiger charge is -2.36. The third-order valence-corrected chi connectivity index (χ3v) is 6.16. The zero-order valence-electron chi connectivity index (χ0n) is 19.0. The van der Waals surface area contributed by atoms with Crippen molar-refractivity contribution >= 4 is 57.4 Å². The van der Waals surface area contributed by atoms with E-state index in [1.807, 2.05) is 79.7 Å². The van der Waals surface area contributed by atoms with Crippen molar-refractivity contribution in [3.05, 3.63) is 108 Å². The molecule has 0 spiro atoms. The van der Waals surface area contributed by atoms with Crippen LogP contribution in [-0.2, 0) is 9.59 Å². The summed E-state index contributed by atoms with van der Waals surface area (Å²) in [5.74, 6) is -0.354. The molecule has 0 N–H and O–H groups in total. The molecular formula is C29H22N2O3S. The largest absolute Gasteiger partial charge is 0.493 e. The number of carbonyl (C=O) groups excluding carboxylic acids is 2. The molecule has 5 rings (SSSR count). The number of carbonyl (C=O) groups is 2. The smallest absolute Gasteiger partial charge is 0.270 e. The van der Waals surface area contributed by atoms with Gasteiger partial charge >= 0.3 is 0 Å². The van der Waals surface area contributed by atoms with Gasteiger partial charge in [-0.25, -0.2) is 0 Å². The van der Waals surface area contributed by atoms with E-state index in [1.54, 1.807) is 30.3 Å². The molecular weight excluding hydrogens is 456 g/mol. The Morgan fingerprint density at radius 3 is 1.86 bits per heavy atom. The Morgan fingerprint density at radius 1 is 0.743 bits per heavy atom. The highest BCUT2D eigenvalue weighted by molar-refractivity contribution is 7.81. The molecule has 1 heterocycles. The first-order chi connectivity index (χ1) is 17.1. The molecule has 0 bridgehead atoms. The summed E-state index contributed by atoms with van der Waals surface area (Å²) in [5.41, 5.74) is 1.86. The zero-order chi connectivity index (χ0) is 24.4. The summed E-state index contributed by atoms with van der Waals surface area (Å²) in [7, 11) is 0. The molecule has 4 aromatic carbocycles. The van der Waals surface area contributed by atoms with E-state index >= 15 is 0 Å². The quantitative estimate of drug-likeness (QED) is 0.201. The van der Waals surface area contributed by atoms with Gasteiger partial charge in [-0.2, -0.15) is 0 Å². The number of thiocarbonyl (C=S) groups is 1. The normalized spacial score (nSPS) is 14.0. The second-order valence-corrected chi connectivity index (χ2v) is 8.29.